The molecular formula is C38H52N6O3. The summed E-state index contributed by atoms with van der Waals surface area (Å²) < 4.78 is 16.8. The molecule has 9 nitrogen and oxygen atoms in total. The fourth-order valence-corrected chi connectivity index (χ4v) is 6.62. The largest absolute Gasteiger partial charge is 0.380 e. The van der Waals surface area contributed by atoms with Crippen molar-refractivity contribution in [2.75, 3.05) is 88.5 Å². The Morgan fingerprint density at radius 2 is 1.23 bits per heavy atom. The van der Waals surface area contributed by atoms with Gasteiger partial charge in [0.2, 0.25) is 0 Å². The zero-order valence-corrected chi connectivity index (χ0v) is 28.4. The predicted octanol–water partition coefficient (Wildman–Crippen LogP) is 5.79. The van der Waals surface area contributed by atoms with Crippen LogP contribution in [-0.2, 0) is 24.0 Å². The molecule has 4 heterocycles. The van der Waals surface area contributed by atoms with E-state index in [2.05, 4.69) is 91.4 Å². The van der Waals surface area contributed by atoms with Gasteiger partial charge in [-0.05, 0) is 69.5 Å². The summed E-state index contributed by atoms with van der Waals surface area (Å²) in [5.41, 5.74) is 7.24. The van der Waals surface area contributed by atoms with E-state index >= 15 is 0 Å². The van der Waals surface area contributed by atoms with Gasteiger partial charge in [-0.1, -0.05) is 46.6 Å². The first kappa shape index (κ1) is 33.2. The van der Waals surface area contributed by atoms with Crippen LogP contribution in [0.25, 0.3) is 0 Å². The van der Waals surface area contributed by atoms with Gasteiger partial charge in [0.15, 0.2) is 0 Å². The fourth-order valence-electron chi connectivity index (χ4n) is 6.62. The molecular weight excluding hydrogens is 588 g/mol. The van der Waals surface area contributed by atoms with Gasteiger partial charge in [0.25, 0.3) is 0 Å². The quantitative estimate of drug-likeness (QED) is 0.142. The van der Waals surface area contributed by atoms with Gasteiger partial charge in [0.05, 0.1) is 24.6 Å². The van der Waals surface area contributed by atoms with Gasteiger partial charge in [-0.2, -0.15) is 0 Å². The van der Waals surface area contributed by atoms with E-state index in [-0.39, 0.29) is 0 Å². The molecule has 2 aliphatic rings. The number of rotatable bonds is 16. The number of ether oxygens (including phenoxy) is 1. The van der Waals surface area contributed by atoms with Crippen molar-refractivity contribution < 1.29 is 13.8 Å². The smallest absolute Gasteiger partial charge is 0.141 e. The van der Waals surface area contributed by atoms with Crippen LogP contribution in [0.5, 0.6) is 0 Å². The predicted molar refractivity (Wildman–Crippen MR) is 188 cm³/mol. The standard InChI is InChI=1S/C38H52N6O3/c1-31-7-11-36(12-8-31)43-23-19-42(20-24-43)25-27-45-26-15-35-30-38(47-40-35)29-33-9-13-37(14-10-33)44-21-17-41(18-22-44)16-5-3-4-6-34-28-32(2)46-39-34/h7-14,28,30H,3-6,15-27,29H2,1-2H3. The maximum atomic E-state index is 5.97. The van der Waals surface area contributed by atoms with Gasteiger partial charge in [0.1, 0.15) is 11.5 Å². The average molecular weight is 641 g/mol. The summed E-state index contributed by atoms with van der Waals surface area (Å²) in [6, 6.07) is 21.9. The van der Waals surface area contributed by atoms with Crippen molar-refractivity contribution in [2.45, 2.75) is 52.4 Å². The van der Waals surface area contributed by atoms with Crippen molar-refractivity contribution in [2.24, 2.45) is 0 Å². The van der Waals surface area contributed by atoms with E-state index in [0.717, 1.165) is 108 Å². The van der Waals surface area contributed by atoms with Gasteiger partial charge in [-0.15, -0.1) is 0 Å². The Bertz CT molecular complexity index is 1470. The Morgan fingerprint density at radius 1 is 0.617 bits per heavy atom. The van der Waals surface area contributed by atoms with Gasteiger partial charge in [-0.25, -0.2) is 0 Å². The van der Waals surface area contributed by atoms with Crippen molar-refractivity contribution in [3.8, 4) is 0 Å². The first-order valence-corrected chi connectivity index (χ1v) is 17.6. The molecule has 0 unspecified atom stereocenters. The zero-order valence-electron chi connectivity index (χ0n) is 28.4. The van der Waals surface area contributed by atoms with Crippen molar-refractivity contribution in [3.05, 3.63) is 94.7 Å². The third kappa shape index (κ3) is 10.2. The Kier molecular flexibility index (Phi) is 12.0. The number of unbranched alkanes of at least 4 members (excludes halogenated alkanes) is 2. The van der Waals surface area contributed by atoms with Gasteiger partial charge >= 0.3 is 0 Å². The molecule has 2 aromatic heterocycles. The minimum Gasteiger partial charge on any atom is -0.380 e. The molecule has 0 aliphatic carbocycles. The molecule has 252 valence electrons. The third-order valence-corrected chi connectivity index (χ3v) is 9.57. The summed E-state index contributed by atoms with van der Waals surface area (Å²) in [6.07, 6.45) is 6.21. The maximum absolute atomic E-state index is 5.97. The number of hydrogen-bond donors (Lipinski definition) is 0. The van der Waals surface area contributed by atoms with E-state index in [1.807, 2.05) is 13.0 Å². The molecule has 2 aromatic carbocycles. The molecule has 0 amide bonds. The second-order valence-corrected chi connectivity index (χ2v) is 13.2. The summed E-state index contributed by atoms with van der Waals surface area (Å²) >= 11 is 0. The zero-order chi connectivity index (χ0) is 32.3. The molecule has 0 bridgehead atoms. The molecule has 47 heavy (non-hydrogen) atoms. The van der Waals surface area contributed by atoms with E-state index < -0.39 is 0 Å². The van der Waals surface area contributed by atoms with Crippen LogP contribution in [-0.4, -0.2) is 98.8 Å². The van der Waals surface area contributed by atoms with Gasteiger partial charge in [-0.3, -0.25) is 9.80 Å². The van der Waals surface area contributed by atoms with Crippen LogP contribution in [0.15, 0.2) is 69.7 Å². The molecule has 2 saturated heterocycles. The second kappa shape index (κ2) is 16.9. The highest BCUT2D eigenvalue weighted by Crippen LogP contribution is 2.20. The molecule has 0 radical (unpaired) electrons. The highest BCUT2D eigenvalue weighted by atomic mass is 16.5. The summed E-state index contributed by atoms with van der Waals surface area (Å²) in [5, 5.41) is 8.39. The summed E-state index contributed by atoms with van der Waals surface area (Å²) in [7, 11) is 0. The molecule has 9 heteroatoms. The summed E-state index contributed by atoms with van der Waals surface area (Å²) in [5.74, 6) is 1.81. The van der Waals surface area contributed by atoms with E-state index in [9.17, 15) is 0 Å². The highest BCUT2D eigenvalue weighted by Gasteiger charge is 2.18. The van der Waals surface area contributed by atoms with E-state index in [4.69, 9.17) is 13.8 Å². The number of aryl methyl sites for hydroxylation is 3. The van der Waals surface area contributed by atoms with Gasteiger partial charge in [0, 0.05) is 95.3 Å². The van der Waals surface area contributed by atoms with Crippen molar-refractivity contribution in [3.63, 3.8) is 0 Å². The maximum Gasteiger partial charge on any atom is 0.141 e. The fraction of sp³-hybridized carbons (Fsp3) is 0.526. The van der Waals surface area contributed by atoms with Crippen molar-refractivity contribution in [1.82, 2.24) is 20.1 Å². The molecule has 2 aliphatic heterocycles. The molecule has 2 fully saturated rings. The van der Waals surface area contributed by atoms with E-state index in [1.54, 1.807) is 0 Å². The second-order valence-electron chi connectivity index (χ2n) is 13.2. The lowest BCUT2D eigenvalue weighted by molar-refractivity contribution is 0.103. The van der Waals surface area contributed by atoms with Crippen LogP contribution < -0.4 is 9.80 Å². The Labute approximate surface area is 280 Å². The topological polar surface area (TPSA) is 74.2 Å². The minimum absolute atomic E-state index is 0.667. The molecule has 6 rings (SSSR count). The number of benzene rings is 2. The first-order chi connectivity index (χ1) is 23.1. The third-order valence-electron chi connectivity index (χ3n) is 9.57. The summed E-state index contributed by atoms with van der Waals surface area (Å²) in [4.78, 5) is 10.1. The van der Waals surface area contributed by atoms with E-state index in [1.165, 1.54) is 48.3 Å². The molecule has 0 spiro atoms. The van der Waals surface area contributed by atoms with Crippen LogP contribution in [0.3, 0.4) is 0 Å². The molecule has 0 saturated carbocycles. The van der Waals surface area contributed by atoms with Crippen LogP contribution in [0.1, 0.15) is 53.3 Å². The number of hydrogen-bond acceptors (Lipinski definition) is 9. The number of piperazine rings is 2. The van der Waals surface area contributed by atoms with E-state index in [0.29, 0.717) is 6.61 Å². The van der Waals surface area contributed by atoms with Crippen LogP contribution in [0.2, 0.25) is 0 Å². The molecule has 0 atom stereocenters. The number of anilines is 2. The number of aromatic nitrogens is 2. The van der Waals surface area contributed by atoms with Crippen LogP contribution >= 0.6 is 0 Å². The molecule has 0 N–H and O–H groups in total. The SMILES string of the molecule is Cc1ccc(N2CCN(CCOCCc3cc(Cc4ccc(N5CCN(CCCCCc6cc(C)on6)CC5)cc4)on3)CC2)cc1. The highest BCUT2D eigenvalue weighted by molar-refractivity contribution is 5.49. The normalized spacial score (nSPS) is 16.3. The number of nitrogens with zero attached hydrogens (tertiary/aromatic N) is 6. The lowest BCUT2D eigenvalue weighted by Gasteiger charge is -2.36. The lowest BCUT2D eigenvalue weighted by atomic mass is 10.1. The Morgan fingerprint density at radius 3 is 1.89 bits per heavy atom. The monoisotopic (exact) mass is 640 g/mol. The minimum atomic E-state index is 0.667. The van der Waals surface area contributed by atoms with Crippen LogP contribution in [0.4, 0.5) is 11.4 Å². The van der Waals surface area contributed by atoms with Crippen molar-refractivity contribution >= 4 is 11.4 Å². The lowest BCUT2D eigenvalue weighted by Crippen LogP contribution is -2.47. The Balaban J connectivity index is 0.818. The van der Waals surface area contributed by atoms with Crippen LogP contribution in [0, 0.1) is 13.8 Å². The summed E-state index contributed by atoms with van der Waals surface area (Å²) in [6.45, 7) is 16.4. The van der Waals surface area contributed by atoms with Crippen molar-refractivity contribution in [1.29, 1.82) is 0 Å². The average Bonchev–Trinajstić information content (AvgIpc) is 3.74. The van der Waals surface area contributed by atoms with Gasteiger partial charge < -0.3 is 23.6 Å². The molecule has 4 aromatic rings. The Hall–Kier alpha value is -3.66. The first-order valence-electron chi connectivity index (χ1n) is 17.6.